The number of rotatable bonds is 3. The number of carbonyl (C=O) groups excluding carboxylic acids is 1. The molecule has 2 heterocycles. The van der Waals surface area contributed by atoms with Crippen LogP contribution in [-0.2, 0) is 10.3 Å². The van der Waals surface area contributed by atoms with Crippen LogP contribution in [0.3, 0.4) is 0 Å². The minimum Gasteiger partial charge on any atom is -0.343 e. The summed E-state index contributed by atoms with van der Waals surface area (Å²) >= 11 is 1.57. The highest BCUT2D eigenvalue weighted by atomic mass is 32.1. The van der Waals surface area contributed by atoms with E-state index in [1.807, 2.05) is 19.2 Å². The lowest BCUT2D eigenvalue weighted by Crippen LogP contribution is -2.53. The molecule has 1 aliphatic rings. The average Bonchev–Trinajstić information content (AvgIpc) is 2.82. The van der Waals surface area contributed by atoms with E-state index in [4.69, 9.17) is 0 Å². The summed E-state index contributed by atoms with van der Waals surface area (Å²) in [6.07, 6.45) is 3.84. The molecule has 1 fully saturated rings. The van der Waals surface area contributed by atoms with Gasteiger partial charge in [-0.25, -0.2) is 4.98 Å². The maximum absolute atomic E-state index is 12.3. The van der Waals surface area contributed by atoms with Crippen molar-refractivity contribution in [3.05, 3.63) is 16.6 Å². The second-order valence-corrected chi connectivity index (χ2v) is 6.48. The number of hydrogen-bond donors (Lipinski definition) is 2. The minimum atomic E-state index is -0.395. The monoisotopic (exact) mass is 267 g/mol. The minimum absolute atomic E-state index is 0.0620. The normalized spacial score (nSPS) is 24.8. The van der Waals surface area contributed by atoms with Gasteiger partial charge >= 0.3 is 0 Å². The molecule has 0 aromatic carbocycles. The Balaban J connectivity index is 1.98. The lowest BCUT2D eigenvalue weighted by molar-refractivity contribution is -0.125. The Morgan fingerprint density at radius 3 is 3.00 bits per heavy atom. The Bertz CT molecular complexity index is 402. The quantitative estimate of drug-likeness (QED) is 0.879. The maximum atomic E-state index is 12.3. The fourth-order valence-corrected chi connectivity index (χ4v) is 3.01. The molecular weight excluding hydrogens is 246 g/mol. The fraction of sp³-hybridized carbons (Fsp3) is 0.692. The van der Waals surface area contributed by atoms with E-state index in [1.54, 1.807) is 17.5 Å². The predicted molar refractivity (Wildman–Crippen MR) is 73.5 cm³/mol. The zero-order valence-electron chi connectivity index (χ0n) is 11.2. The summed E-state index contributed by atoms with van der Waals surface area (Å²) in [5, 5.41) is 9.26. The molecular formula is C13H21N3OS. The van der Waals surface area contributed by atoms with Gasteiger partial charge in [0.2, 0.25) is 5.91 Å². The molecule has 5 heteroatoms. The summed E-state index contributed by atoms with van der Waals surface area (Å²) in [5.74, 6) is 0.701. The van der Waals surface area contributed by atoms with Gasteiger partial charge in [0.25, 0.3) is 0 Å². The predicted octanol–water partition coefficient (Wildman–Crippen LogP) is 1.88. The first-order chi connectivity index (χ1) is 8.49. The molecule has 2 atom stereocenters. The molecule has 0 radical (unpaired) electrons. The molecule has 0 aliphatic carbocycles. The van der Waals surface area contributed by atoms with Crippen molar-refractivity contribution >= 4 is 17.2 Å². The van der Waals surface area contributed by atoms with Crippen LogP contribution in [0.1, 0.15) is 38.6 Å². The number of carbonyl (C=O) groups is 1. The van der Waals surface area contributed by atoms with Crippen molar-refractivity contribution in [2.24, 2.45) is 5.92 Å². The summed E-state index contributed by atoms with van der Waals surface area (Å²) < 4.78 is 0. The summed E-state index contributed by atoms with van der Waals surface area (Å²) in [5.41, 5.74) is -0.395. The molecule has 100 valence electrons. The number of thiazole rings is 1. The summed E-state index contributed by atoms with van der Waals surface area (Å²) in [6, 6.07) is -0.0620. The van der Waals surface area contributed by atoms with Crippen LogP contribution in [0.4, 0.5) is 0 Å². The van der Waals surface area contributed by atoms with Crippen molar-refractivity contribution in [3.63, 3.8) is 0 Å². The van der Waals surface area contributed by atoms with Crippen LogP contribution in [0.15, 0.2) is 11.6 Å². The number of hydrogen-bond acceptors (Lipinski definition) is 4. The van der Waals surface area contributed by atoms with Crippen molar-refractivity contribution in [1.29, 1.82) is 0 Å². The molecule has 1 aliphatic heterocycles. The lowest BCUT2D eigenvalue weighted by atomic mass is 9.93. The fourth-order valence-electron chi connectivity index (χ4n) is 2.29. The lowest BCUT2D eigenvalue weighted by Gasteiger charge is -2.31. The number of piperidine rings is 1. The zero-order chi connectivity index (χ0) is 13.2. The van der Waals surface area contributed by atoms with E-state index in [0.29, 0.717) is 5.92 Å². The molecule has 4 nitrogen and oxygen atoms in total. The third-order valence-corrected chi connectivity index (χ3v) is 4.48. The van der Waals surface area contributed by atoms with E-state index in [9.17, 15) is 4.79 Å². The van der Waals surface area contributed by atoms with Crippen molar-refractivity contribution in [2.45, 2.75) is 45.2 Å². The first kappa shape index (κ1) is 13.5. The molecule has 2 N–H and O–H groups in total. The Hall–Kier alpha value is -0.940. The van der Waals surface area contributed by atoms with Gasteiger partial charge in [-0.1, -0.05) is 6.92 Å². The van der Waals surface area contributed by atoms with E-state index >= 15 is 0 Å². The van der Waals surface area contributed by atoms with Gasteiger partial charge in [-0.2, -0.15) is 0 Å². The first-order valence-electron chi connectivity index (χ1n) is 6.44. The molecule has 0 saturated carbocycles. The second kappa shape index (κ2) is 5.36. The number of nitrogens with zero attached hydrogens (tertiary/aromatic N) is 1. The average molecular weight is 267 g/mol. The van der Waals surface area contributed by atoms with Gasteiger partial charge in [0.05, 0.1) is 11.6 Å². The van der Waals surface area contributed by atoms with Gasteiger partial charge in [0, 0.05) is 11.6 Å². The topological polar surface area (TPSA) is 54.0 Å². The van der Waals surface area contributed by atoms with Gasteiger partial charge in [-0.15, -0.1) is 11.3 Å². The molecule has 0 spiro atoms. The molecule has 18 heavy (non-hydrogen) atoms. The molecule has 1 aromatic heterocycles. The Morgan fingerprint density at radius 1 is 1.61 bits per heavy atom. The van der Waals surface area contributed by atoms with Crippen LogP contribution < -0.4 is 10.6 Å². The Labute approximate surface area is 112 Å². The highest BCUT2D eigenvalue weighted by Gasteiger charge is 2.31. The number of aromatic nitrogens is 1. The molecule has 2 unspecified atom stereocenters. The summed E-state index contributed by atoms with van der Waals surface area (Å²) in [4.78, 5) is 16.5. The first-order valence-corrected chi connectivity index (χ1v) is 7.32. The zero-order valence-corrected chi connectivity index (χ0v) is 12.0. The van der Waals surface area contributed by atoms with Gasteiger partial charge in [-0.05, 0) is 39.2 Å². The largest absolute Gasteiger partial charge is 0.343 e. The highest BCUT2D eigenvalue weighted by molar-refractivity contribution is 7.09. The van der Waals surface area contributed by atoms with Gasteiger partial charge < -0.3 is 10.6 Å². The van der Waals surface area contributed by atoms with Crippen molar-refractivity contribution in [2.75, 3.05) is 6.54 Å². The van der Waals surface area contributed by atoms with Crippen LogP contribution in [0.5, 0.6) is 0 Å². The second-order valence-electron chi connectivity index (χ2n) is 5.59. The van der Waals surface area contributed by atoms with Crippen LogP contribution >= 0.6 is 11.3 Å². The van der Waals surface area contributed by atoms with Gasteiger partial charge in [0.15, 0.2) is 0 Å². The van der Waals surface area contributed by atoms with Crippen LogP contribution in [0.25, 0.3) is 0 Å². The van der Waals surface area contributed by atoms with Crippen LogP contribution in [0, 0.1) is 5.92 Å². The summed E-state index contributed by atoms with van der Waals surface area (Å²) in [7, 11) is 0. The van der Waals surface area contributed by atoms with E-state index in [2.05, 4.69) is 22.5 Å². The van der Waals surface area contributed by atoms with E-state index < -0.39 is 5.54 Å². The molecule has 1 amide bonds. The SMILES string of the molecule is CC1CCNC(C(=O)NC(C)(C)c2nccs2)C1. The molecule has 2 rings (SSSR count). The molecule has 1 aromatic rings. The Kier molecular flexibility index (Phi) is 4.02. The van der Waals surface area contributed by atoms with Gasteiger partial charge in [-0.3, -0.25) is 4.79 Å². The third-order valence-electron chi connectivity index (χ3n) is 3.39. The summed E-state index contributed by atoms with van der Waals surface area (Å²) in [6.45, 7) is 7.12. The van der Waals surface area contributed by atoms with Crippen molar-refractivity contribution in [1.82, 2.24) is 15.6 Å². The van der Waals surface area contributed by atoms with Crippen LogP contribution in [0.2, 0.25) is 0 Å². The van der Waals surface area contributed by atoms with Crippen molar-refractivity contribution in [3.8, 4) is 0 Å². The number of amides is 1. The van der Waals surface area contributed by atoms with Gasteiger partial charge in [0.1, 0.15) is 5.01 Å². The maximum Gasteiger partial charge on any atom is 0.237 e. The standard InChI is InChI=1S/C13H21N3OS/c1-9-4-5-14-10(8-9)11(17)16-13(2,3)12-15-6-7-18-12/h6-7,9-10,14H,4-5,8H2,1-3H3,(H,16,17). The smallest absolute Gasteiger partial charge is 0.237 e. The molecule has 1 saturated heterocycles. The molecule has 0 bridgehead atoms. The number of nitrogens with one attached hydrogen (secondary N) is 2. The van der Waals surface area contributed by atoms with E-state index in [-0.39, 0.29) is 11.9 Å². The van der Waals surface area contributed by atoms with E-state index in [1.165, 1.54) is 0 Å². The highest BCUT2D eigenvalue weighted by Crippen LogP contribution is 2.23. The Morgan fingerprint density at radius 2 is 2.39 bits per heavy atom. The van der Waals surface area contributed by atoms with Crippen LogP contribution in [-0.4, -0.2) is 23.5 Å². The van der Waals surface area contributed by atoms with E-state index in [0.717, 1.165) is 24.4 Å². The third kappa shape index (κ3) is 3.09. The van der Waals surface area contributed by atoms with Crippen molar-refractivity contribution < 1.29 is 4.79 Å².